The topological polar surface area (TPSA) is 35.2 Å². The number of hydrogen-bond donors (Lipinski definition) is 1. The van der Waals surface area contributed by atoms with Crippen molar-refractivity contribution < 1.29 is 4.74 Å². The Hall–Kier alpha value is -1.80. The van der Waals surface area contributed by atoms with Crippen LogP contribution in [0.15, 0.2) is 48.5 Å². The van der Waals surface area contributed by atoms with Gasteiger partial charge in [-0.25, -0.2) is 0 Å². The van der Waals surface area contributed by atoms with Gasteiger partial charge in [0, 0.05) is 6.42 Å². The van der Waals surface area contributed by atoms with Crippen molar-refractivity contribution in [3.8, 4) is 5.75 Å². The number of aryl methyl sites for hydroxylation is 1. The summed E-state index contributed by atoms with van der Waals surface area (Å²) >= 11 is 0. The fourth-order valence-corrected chi connectivity index (χ4v) is 2.20. The highest BCUT2D eigenvalue weighted by molar-refractivity contribution is 5.38. The quantitative estimate of drug-likeness (QED) is 0.860. The number of para-hydroxylation sites is 1. The van der Waals surface area contributed by atoms with Crippen LogP contribution >= 0.6 is 0 Å². The van der Waals surface area contributed by atoms with E-state index in [-0.39, 0.29) is 0 Å². The van der Waals surface area contributed by atoms with Gasteiger partial charge in [0.05, 0.1) is 7.11 Å². The first-order valence-electron chi connectivity index (χ1n) is 6.73. The van der Waals surface area contributed by atoms with E-state index in [1.54, 1.807) is 7.11 Å². The minimum atomic E-state index is 0.753. The van der Waals surface area contributed by atoms with Crippen molar-refractivity contribution >= 4 is 0 Å². The molecule has 2 heteroatoms. The van der Waals surface area contributed by atoms with Crippen LogP contribution < -0.4 is 10.5 Å². The van der Waals surface area contributed by atoms with Gasteiger partial charge < -0.3 is 10.5 Å². The summed E-state index contributed by atoms with van der Waals surface area (Å²) in [7, 11) is 1.72. The lowest BCUT2D eigenvalue weighted by molar-refractivity contribution is 0.410. The van der Waals surface area contributed by atoms with Gasteiger partial charge in [-0.2, -0.15) is 0 Å². The maximum atomic E-state index is 5.53. The number of methoxy groups -OCH3 is 1. The van der Waals surface area contributed by atoms with Gasteiger partial charge in [0.2, 0.25) is 0 Å². The Morgan fingerprint density at radius 1 is 0.947 bits per heavy atom. The molecular formula is C17H21NO. The van der Waals surface area contributed by atoms with Gasteiger partial charge in [-0.3, -0.25) is 0 Å². The van der Waals surface area contributed by atoms with Crippen LogP contribution in [0.2, 0.25) is 0 Å². The van der Waals surface area contributed by atoms with Crippen molar-refractivity contribution in [2.75, 3.05) is 13.7 Å². The third kappa shape index (κ3) is 3.83. The van der Waals surface area contributed by atoms with Gasteiger partial charge in [0.1, 0.15) is 5.75 Å². The van der Waals surface area contributed by atoms with Crippen LogP contribution in [0.5, 0.6) is 5.75 Å². The summed E-state index contributed by atoms with van der Waals surface area (Å²) in [5.74, 6) is 0.953. The van der Waals surface area contributed by atoms with Crippen molar-refractivity contribution in [1.29, 1.82) is 0 Å². The van der Waals surface area contributed by atoms with E-state index in [1.165, 1.54) is 16.7 Å². The second kappa shape index (κ2) is 6.95. The Labute approximate surface area is 115 Å². The molecule has 0 unspecified atom stereocenters. The van der Waals surface area contributed by atoms with E-state index in [4.69, 9.17) is 10.5 Å². The summed E-state index contributed by atoms with van der Waals surface area (Å²) in [4.78, 5) is 0. The van der Waals surface area contributed by atoms with Crippen LogP contribution in [-0.4, -0.2) is 13.7 Å². The molecular weight excluding hydrogens is 234 g/mol. The van der Waals surface area contributed by atoms with Gasteiger partial charge in [-0.05, 0) is 42.1 Å². The summed E-state index contributed by atoms with van der Waals surface area (Å²) in [6.45, 7) is 0.753. The lowest BCUT2D eigenvalue weighted by Crippen LogP contribution is -2.00. The molecule has 0 aliphatic heterocycles. The fourth-order valence-electron chi connectivity index (χ4n) is 2.20. The number of benzene rings is 2. The number of ether oxygens (including phenoxy) is 1. The van der Waals surface area contributed by atoms with Gasteiger partial charge >= 0.3 is 0 Å². The van der Waals surface area contributed by atoms with Crippen LogP contribution in [0.4, 0.5) is 0 Å². The van der Waals surface area contributed by atoms with Crippen LogP contribution in [0.1, 0.15) is 23.1 Å². The van der Waals surface area contributed by atoms with Crippen molar-refractivity contribution in [3.05, 3.63) is 65.2 Å². The Bertz CT molecular complexity index is 505. The standard InChI is InChI=1S/C17H21NO/c1-19-17-7-3-2-6-16(17)13-15-10-8-14(9-11-15)5-4-12-18/h2-3,6-11H,4-5,12-13,18H2,1H3. The van der Waals surface area contributed by atoms with E-state index in [9.17, 15) is 0 Å². The van der Waals surface area contributed by atoms with Gasteiger partial charge in [-0.1, -0.05) is 42.5 Å². The Balaban J connectivity index is 2.06. The van der Waals surface area contributed by atoms with Crippen LogP contribution in [0.25, 0.3) is 0 Å². The highest BCUT2D eigenvalue weighted by Crippen LogP contribution is 2.21. The zero-order valence-corrected chi connectivity index (χ0v) is 11.4. The smallest absolute Gasteiger partial charge is 0.122 e. The summed E-state index contributed by atoms with van der Waals surface area (Å²) in [5.41, 5.74) is 9.41. The van der Waals surface area contributed by atoms with E-state index in [2.05, 4.69) is 30.3 Å². The highest BCUT2D eigenvalue weighted by atomic mass is 16.5. The second-order valence-electron chi connectivity index (χ2n) is 4.70. The van der Waals surface area contributed by atoms with Gasteiger partial charge in [0.25, 0.3) is 0 Å². The predicted octanol–water partition coefficient (Wildman–Crippen LogP) is 3.18. The van der Waals surface area contributed by atoms with Crippen LogP contribution in [0, 0.1) is 0 Å². The number of hydrogen-bond acceptors (Lipinski definition) is 2. The molecule has 2 nitrogen and oxygen atoms in total. The van der Waals surface area contributed by atoms with E-state index in [0.717, 1.165) is 31.6 Å². The van der Waals surface area contributed by atoms with E-state index >= 15 is 0 Å². The van der Waals surface area contributed by atoms with E-state index in [1.807, 2.05) is 18.2 Å². The summed E-state index contributed by atoms with van der Waals surface area (Å²) < 4.78 is 5.38. The summed E-state index contributed by atoms with van der Waals surface area (Å²) in [6.07, 6.45) is 3.01. The summed E-state index contributed by atoms with van der Waals surface area (Å²) in [6, 6.07) is 16.9. The predicted molar refractivity (Wildman–Crippen MR) is 79.6 cm³/mol. The number of rotatable bonds is 6. The molecule has 0 radical (unpaired) electrons. The largest absolute Gasteiger partial charge is 0.496 e. The van der Waals surface area contributed by atoms with Crippen LogP contribution in [0.3, 0.4) is 0 Å². The Morgan fingerprint density at radius 2 is 1.63 bits per heavy atom. The molecule has 2 aromatic rings. The lowest BCUT2D eigenvalue weighted by atomic mass is 10.0. The van der Waals surface area contributed by atoms with Gasteiger partial charge in [0.15, 0.2) is 0 Å². The molecule has 2 N–H and O–H groups in total. The molecule has 0 heterocycles. The van der Waals surface area contributed by atoms with Gasteiger partial charge in [-0.15, -0.1) is 0 Å². The first kappa shape index (κ1) is 13.6. The molecule has 0 saturated heterocycles. The average molecular weight is 255 g/mol. The Morgan fingerprint density at radius 3 is 2.32 bits per heavy atom. The molecule has 0 aromatic heterocycles. The maximum absolute atomic E-state index is 5.53. The maximum Gasteiger partial charge on any atom is 0.122 e. The van der Waals surface area contributed by atoms with Crippen molar-refractivity contribution in [3.63, 3.8) is 0 Å². The van der Waals surface area contributed by atoms with Crippen molar-refractivity contribution in [2.24, 2.45) is 5.73 Å². The molecule has 0 saturated carbocycles. The molecule has 0 amide bonds. The minimum absolute atomic E-state index is 0.753. The normalized spacial score (nSPS) is 10.4. The third-order valence-electron chi connectivity index (χ3n) is 3.28. The second-order valence-corrected chi connectivity index (χ2v) is 4.70. The SMILES string of the molecule is COc1ccccc1Cc1ccc(CCCN)cc1. The Kier molecular flexibility index (Phi) is 4.99. The molecule has 0 aliphatic rings. The highest BCUT2D eigenvalue weighted by Gasteiger charge is 2.03. The summed E-state index contributed by atoms with van der Waals surface area (Å²) in [5, 5.41) is 0. The van der Waals surface area contributed by atoms with Crippen LogP contribution in [-0.2, 0) is 12.8 Å². The molecule has 0 fully saturated rings. The number of nitrogens with two attached hydrogens (primary N) is 1. The first-order valence-corrected chi connectivity index (χ1v) is 6.73. The van der Waals surface area contributed by atoms with Crippen molar-refractivity contribution in [1.82, 2.24) is 0 Å². The molecule has 100 valence electrons. The molecule has 19 heavy (non-hydrogen) atoms. The average Bonchev–Trinajstić information content (AvgIpc) is 2.47. The fraction of sp³-hybridized carbons (Fsp3) is 0.294. The molecule has 0 bridgehead atoms. The molecule has 0 atom stereocenters. The molecule has 2 aromatic carbocycles. The zero-order chi connectivity index (χ0) is 13.5. The van der Waals surface area contributed by atoms with Crippen molar-refractivity contribution in [2.45, 2.75) is 19.3 Å². The lowest BCUT2D eigenvalue weighted by Gasteiger charge is -2.08. The molecule has 0 aliphatic carbocycles. The third-order valence-corrected chi connectivity index (χ3v) is 3.28. The van der Waals surface area contributed by atoms with E-state index in [0.29, 0.717) is 0 Å². The first-order chi connectivity index (χ1) is 9.33. The minimum Gasteiger partial charge on any atom is -0.496 e. The van der Waals surface area contributed by atoms with E-state index < -0.39 is 0 Å². The monoisotopic (exact) mass is 255 g/mol. The molecule has 0 spiro atoms. The zero-order valence-electron chi connectivity index (χ0n) is 11.4. The molecule has 2 rings (SSSR count).